The molecule has 1 aromatic heterocycles. The number of nitriles is 1. The number of rotatable bonds is 5. The SMILES string of the molecule is Cc1ccc(S(=O)(=O)[C@@H](C#N)c2nc3ccccc3nc2NC2CCCCC2)cc1. The maximum atomic E-state index is 13.3. The Morgan fingerprint density at radius 2 is 1.63 bits per heavy atom. The van der Waals surface area contributed by atoms with Gasteiger partial charge in [-0.25, -0.2) is 18.4 Å². The largest absolute Gasteiger partial charge is 0.366 e. The van der Waals surface area contributed by atoms with Crippen LogP contribution < -0.4 is 5.32 Å². The molecule has 0 unspecified atom stereocenters. The van der Waals surface area contributed by atoms with Crippen molar-refractivity contribution in [2.24, 2.45) is 0 Å². The first-order chi connectivity index (χ1) is 14.5. The van der Waals surface area contributed by atoms with E-state index in [4.69, 9.17) is 0 Å². The van der Waals surface area contributed by atoms with Crippen LogP contribution in [0.3, 0.4) is 0 Å². The van der Waals surface area contributed by atoms with Gasteiger partial charge in [0.25, 0.3) is 0 Å². The lowest BCUT2D eigenvalue weighted by atomic mass is 9.95. The van der Waals surface area contributed by atoms with Crippen LogP contribution in [-0.2, 0) is 9.84 Å². The second kappa shape index (κ2) is 8.41. The standard InChI is InChI=1S/C23H24N4O2S/c1-16-11-13-18(14-12-16)30(28,29)21(15-24)22-23(25-17-7-3-2-4-8-17)27-20-10-6-5-9-19(20)26-22/h5-6,9-14,17,21H,2-4,7-8H2,1H3,(H,25,27)/t21-/m0/s1. The minimum atomic E-state index is -3.96. The van der Waals surface area contributed by atoms with Crippen molar-refractivity contribution in [3.8, 4) is 6.07 Å². The fraction of sp³-hybridized carbons (Fsp3) is 0.348. The highest BCUT2D eigenvalue weighted by Crippen LogP contribution is 2.33. The molecule has 0 saturated heterocycles. The summed E-state index contributed by atoms with van der Waals surface area (Å²) in [7, 11) is -3.96. The van der Waals surface area contributed by atoms with Crippen LogP contribution in [-0.4, -0.2) is 24.4 Å². The fourth-order valence-corrected chi connectivity index (χ4v) is 5.27. The number of hydrogen-bond donors (Lipinski definition) is 1. The topological polar surface area (TPSA) is 95.7 Å². The summed E-state index contributed by atoms with van der Waals surface area (Å²) in [6.07, 6.45) is 5.44. The van der Waals surface area contributed by atoms with Gasteiger partial charge in [0.05, 0.1) is 22.0 Å². The highest BCUT2D eigenvalue weighted by atomic mass is 32.2. The summed E-state index contributed by atoms with van der Waals surface area (Å²) in [6, 6.07) is 16.0. The van der Waals surface area contributed by atoms with Crippen molar-refractivity contribution >= 4 is 26.7 Å². The van der Waals surface area contributed by atoms with Crippen molar-refractivity contribution in [2.45, 2.75) is 55.2 Å². The number of aromatic nitrogens is 2. The van der Waals surface area contributed by atoms with Gasteiger partial charge in [0.1, 0.15) is 5.69 Å². The molecule has 0 radical (unpaired) electrons. The highest BCUT2D eigenvalue weighted by molar-refractivity contribution is 7.92. The zero-order valence-corrected chi connectivity index (χ0v) is 17.7. The molecule has 7 heteroatoms. The van der Waals surface area contributed by atoms with E-state index in [-0.39, 0.29) is 16.6 Å². The summed E-state index contributed by atoms with van der Waals surface area (Å²) in [4.78, 5) is 9.37. The summed E-state index contributed by atoms with van der Waals surface area (Å²) < 4.78 is 26.7. The van der Waals surface area contributed by atoms with Crippen molar-refractivity contribution in [1.82, 2.24) is 9.97 Å². The summed E-state index contributed by atoms with van der Waals surface area (Å²) >= 11 is 0. The second-order valence-electron chi connectivity index (χ2n) is 7.79. The zero-order chi connectivity index (χ0) is 21.1. The maximum Gasteiger partial charge on any atom is 0.200 e. The molecule has 30 heavy (non-hydrogen) atoms. The lowest BCUT2D eigenvalue weighted by molar-refractivity contribution is 0.461. The molecule has 154 valence electrons. The van der Waals surface area contributed by atoms with Crippen molar-refractivity contribution < 1.29 is 8.42 Å². The third kappa shape index (κ3) is 4.01. The maximum absolute atomic E-state index is 13.3. The minimum Gasteiger partial charge on any atom is -0.366 e. The molecule has 0 spiro atoms. The lowest BCUT2D eigenvalue weighted by Gasteiger charge is -2.25. The molecule has 0 aliphatic heterocycles. The molecule has 3 aromatic rings. The third-order valence-corrected chi connectivity index (χ3v) is 7.45. The Morgan fingerprint density at radius 1 is 1.00 bits per heavy atom. The first kappa shape index (κ1) is 20.3. The van der Waals surface area contributed by atoms with E-state index in [1.807, 2.05) is 31.2 Å². The Morgan fingerprint density at radius 3 is 2.27 bits per heavy atom. The van der Waals surface area contributed by atoms with Crippen molar-refractivity contribution in [3.05, 3.63) is 59.8 Å². The van der Waals surface area contributed by atoms with Gasteiger partial charge >= 0.3 is 0 Å². The number of benzene rings is 2. The van der Waals surface area contributed by atoms with Gasteiger partial charge in [-0.3, -0.25) is 0 Å². The second-order valence-corrected chi connectivity index (χ2v) is 9.83. The van der Waals surface area contributed by atoms with Crippen LogP contribution in [0.5, 0.6) is 0 Å². The van der Waals surface area contributed by atoms with E-state index < -0.39 is 15.1 Å². The number of anilines is 1. The molecule has 2 aromatic carbocycles. The normalized spacial score (nSPS) is 16.1. The minimum absolute atomic E-state index is 0.109. The highest BCUT2D eigenvalue weighted by Gasteiger charge is 2.34. The van der Waals surface area contributed by atoms with E-state index in [9.17, 15) is 13.7 Å². The van der Waals surface area contributed by atoms with E-state index in [1.165, 1.54) is 18.6 Å². The third-order valence-electron chi connectivity index (χ3n) is 5.57. The first-order valence-corrected chi connectivity index (χ1v) is 11.8. The fourth-order valence-electron chi connectivity index (χ4n) is 3.88. The lowest BCUT2D eigenvalue weighted by Crippen LogP contribution is -2.25. The van der Waals surface area contributed by atoms with Gasteiger partial charge in [0.2, 0.25) is 9.84 Å². The van der Waals surface area contributed by atoms with Crippen molar-refractivity contribution in [2.75, 3.05) is 5.32 Å². The smallest absolute Gasteiger partial charge is 0.200 e. The summed E-state index contributed by atoms with van der Waals surface area (Å²) in [5.74, 6) is 0.392. The Bertz CT molecular complexity index is 1190. The predicted octanol–water partition coefficient (Wildman–Crippen LogP) is 4.72. The Kier molecular flexibility index (Phi) is 5.69. The van der Waals surface area contributed by atoms with E-state index in [1.54, 1.807) is 18.2 Å². The first-order valence-electron chi connectivity index (χ1n) is 10.2. The number of sulfone groups is 1. The number of nitrogens with zero attached hydrogens (tertiary/aromatic N) is 3. The number of hydrogen-bond acceptors (Lipinski definition) is 6. The number of aryl methyl sites for hydroxylation is 1. The average molecular weight is 421 g/mol. The molecule has 1 fully saturated rings. The molecular formula is C23H24N4O2S. The monoisotopic (exact) mass is 420 g/mol. The Balaban J connectivity index is 1.82. The Labute approximate surface area is 176 Å². The molecule has 4 rings (SSSR count). The van der Waals surface area contributed by atoms with Gasteiger partial charge < -0.3 is 5.32 Å². The van der Waals surface area contributed by atoms with Crippen molar-refractivity contribution in [3.63, 3.8) is 0 Å². The Hall–Kier alpha value is -2.98. The van der Waals surface area contributed by atoms with Crippen LogP contribution in [0.4, 0.5) is 5.82 Å². The molecule has 0 bridgehead atoms. The zero-order valence-electron chi connectivity index (χ0n) is 16.9. The van der Waals surface area contributed by atoms with Gasteiger partial charge in [-0.05, 0) is 44.0 Å². The van der Waals surface area contributed by atoms with Gasteiger partial charge in [-0.1, -0.05) is 49.1 Å². The molecule has 1 aliphatic carbocycles. The van der Waals surface area contributed by atoms with E-state index in [0.29, 0.717) is 16.9 Å². The molecule has 6 nitrogen and oxygen atoms in total. The van der Waals surface area contributed by atoms with Crippen LogP contribution in [0.25, 0.3) is 11.0 Å². The van der Waals surface area contributed by atoms with Crippen LogP contribution in [0.2, 0.25) is 0 Å². The van der Waals surface area contributed by atoms with Crippen LogP contribution in [0, 0.1) is 18.3 Å². The van der Waals surface area contributed by atoms with E-state index >= 15 is 0 Å². The summed E-state index contributed by atoms with van der Waals surface area (Å²) in [6.45, 7) is 1.89. The number of nitrogens with one attached hydrogen (secondary N) is 1. The van der Waals surface area contributed by atoms with Crippen LogP contribution in [0.1, 0.15) is 48.6 Å². The molecule has 1 atom stereocenters. The summed E-state index contributed by atoms with van der Waals surface area (Å²) in [5.41, 5.74) is 2.36. The van der Waals surface area contributed by atoms with E-state index in [2.05, 4.69) is 15.3 Å². The van der Waals surface area contributed by atoms with Gasteiger partial charge in [0, 0.05) is 6.04 Å². The molecule has 1 heterocycles. The van der Waals surface area contributed by atoms with E-state index in [0.717, 1.165) is 31.2 Å². The van der Waals surface area contributed by atoms with Gasteiger partial charge in [-0.15, -0.1) is 0 Å². The van der Waals surface area contributed by atoms with Gasteiger partial charge in [-0.2, -0.15) is 5.26 Å². The van der Waals surface area contributed by atoms with Crippen LogP contribution in [0.15, 0.2) is 53.4 Å². The number of fused-ring (bicyclic) bond motifs is 1. The molecule has 0 amide bonds. The van der Waals surface area contributed by atoms with Gasteiger partial charge in [0.15, 0.2) is 11.1 Å². The molecule has 1 N–H and O–H groups in total. The molecular weight excluding hydrogens is 396 g/mol. The van der Waals surface area contributed by atoms with Crippen LogP contribution >= 0.6 is 0 Å². The predicted molar refractivity (Wildman–Crippen MR) is 117 cm³/mol. The quantitative estimate of drug-likeness (QED) is 0.641. The van der Waals surface area contributed by atoms with Crippen molar-refractivity contribution in [1.29, 1.82) is 5.26 Å². The number of para-hydroxylation sites is 2. The summed E-state index contributed by atoms with van der Waals surface area (Å²) in [5, 5.41) is 11.9. The molecule has 1 aliphatic rings. The molecule has 1 saturated carbocycles. The average Bonchev–Trinajstić information content (AvgIpc) is 2.75.